The molecule has 0 fully saturated rings. The van der Waals surface area contributed by atoms with Crippen LogP contribution in [0.15, 0.2) is 43.0 Å². The average Bonchev–Trinajstić information content (AvgIpc) is 2.60. The van der Waals surface area contributed by atoms with E-state index in [-0.39, 0.29) is 5.83 Å². The van der Waals surface area contributed by atoms with Crippen molar-refractivity contribution in [3.05, 3.63) is 48.6 Å². The van der Waals surface area contributed by atoms with Gasteiger partial charge in [0.2, 0.25) is 0 Å². The van der Waals surface area contributed by atoms with E-state index in [1.54, 1.807) is 23.9 Å². The molecule has 3 heteroatoms. The molecule has 0 radical (unpaired) electrons. The molecule has 1 aromatic heterocycles. The summed E-state index contributed by atoms with van der Waals surface area (Å²) in [5.74, 6) is -0.274. The van der Waals surface area contributed by atoms with Crippen LogP contribution in [-0.4, -0.2) is 9.78 Å². The lowest BCUT2D eigenvalue weighted by Gasteiger charge is -1.95. The molecule has 0 unspecified atom stereocenters. The predicted octanol–water partition coefficient (Wildman–Crippen LogP) is 2.86. The van der Waals surface area contributed by atoms with E-state index in [1.165, 1.54) is 12.2 Å². The molecule has 0 amide bonds. The van der Waals surface area contributed by atoms with Crippen LogP contribution in [0.25, 0.3) is 5.57 Å². The number of aromatic nitrogens is 2. The zero-order valence-corrected chi connectivity index (χ0v) is 8.37. The monoisotopic (exact) mass is 192 g/mol. The van der Waals surface area contributed by atoms with E-state index in [9.17, 15) is 4.39 Å². The minimum Gasteiger partial charge on any atom is -0.275 e. The van der Waals surface area contributed by atoms with Crippen molar-refractivity contribution in [2.24, 2.45) is 7.05 Å². The van der Waals surface area contributed by atoms with Gasteiger partial charge < -0.3 is 0 Å². The van der Waals surface area contributed by atoms with Gasteiger partial charge in [-0.2, -0.15) is 5.10 Å². The molecule has 0 aromatic carbocycles. The van der Waals surface area contributed by atoms with Gasteiger partial charge in [-0.15, -0.1) is 0 Å². The van der Waals surface area contributed by atoms with Gasteiger partial charge in [0.25, 0.3) is 0 Å². The molecule has 1 aromatic rings. The fourth-order valence-corrected chi connectivity index (χ4v) is 1.06. The second-order valence-electron chi connectivity index (χ2n) is 2.88. The third-order valence-electron chi connectivity index (χ3n) is 1.83. The Labute approximate surface area is 83.1 Å². The van der Waals surface area contributed by atoms with E-state index >= 15 is 0 Å². The highest BCUT2D eigenvalue weighted by Gasteiger charge is 2.00. The summed E-state index contributed by atoms with van der Waals surface area (Å²) in [4.78, 5) is 0. The lowest BCUT2D eigenvalue weighted by atomic mass is 10.1. The molecule has 0 aliphatic carbocycles. The highest BCUT2D eigenvalue weighted by molar-refractivity contribution is 5.74. The van der Waals surface area contributed by atoms with Crippen LogP contribution < -0.4 is 0 Å². The Balaban J connectivity index is 3.04. The molecule has 2 nitrogen and oxygen atoms in total. The summed E-state index contributed by atoms with van der Waals surface area (Å²) in [5, 5.41) is 4.00. The number of rotatable bonds is 3. The summed E-state index contributed by atoms with van der Waals surface area (Å²) < 4.78 is 14.6. The van der Waals surface area contributed by atoms with E-state index in [1.807, 2.05) is 13.2 Å². The van der Waals surface area contributed by atoms with Crippen LogP contribution in [0.2, 0.25) is 0 Å². The minimum absolute atomic E-state index is 0.274. The van der Waals surface area contributed by atoms with Gasteiger partial charge in [-0.05, 0) is 18.6 Å². The molecule has 0 N–H and O–H groups in total. The van der Waals surface area contributed by atoms with Gasteiger partial charge in [0.1, 0.15) is 5.83 Å². The highest BCUT2D eigenvalue weighted by Crippen LogP contribution is 2.17. The Morgan fingerprint density at radius 1 is 1.64 bits per heavy atom. The Kier molecular flexibility index (Phi) is 3.40. The molecule has 0 atom stereocenters. The fraction of sp³-hybridized carbons (Fsp3) is 0.182. The summed E-state index contributed by atoms with van der Waals surface area (Å²) >= 11 is 0. The first kappa shape index (κ1) is 10.4. The predicted molar refractivity (Wildman–Crippen MR) is 56.2 cm³/mol. The quantitative estimate of drug-likeness (QED) is 0.673. The Morgan fingerprint density at radius 3 is 2.79 bits per heavy atom. The van der Waals surface area contributed by atoms with Crippen molar-refractivity contribution in [2.75, 3.05) is 0 Å². The van der Waals surface area contributed by atoms with E-state index in [4.69, 9.17) is 0 Å². The number of aryl methyl sites for hydroxylation is 1. The van der Waals surface area contributed by atoms with Gasteiger partial charge in [-0.25, -0.2) is 4.39 Å². The molecular formula is C11H13FN2. The van der Waals surface area contributed by atoms with Crippen molar-refractivity contribution >= 4 is 5.57 Å². The van der Waals surface area contributed by atoms with Crippen molar-refractivity contribution in [1.29, 1.82) is 0 Å². The number of hydrogen-bond acceptors (Lipinski definition) is 1. The van der Waals surface area contributed by atoms with Crippen molar-refractivity contribution in [3.8, 4) is 0 Å². The van der Waals surface area contributed by atoms with Crippen LogP contribution in [0.3, 0.4) is 0 Å². The van der Waals surface area contributed by atoms with Crippen molar-refractivity contribution in [1.82, 2.24) is 9.78 Å². The Bertz CT molecular complexity index is 386. The lowest BCUT2D eigenvalue weighted by molar-refractivity contribution is 0.665. The van der Waals surface area contributed by atoms with Crippen LogP contribution in [-0.2, 0) is 7.05 Å². The topological polar surface area (TPSA) is 17.8 Å². The molecule has 1 heterocycles. The SMILES string of the molecule is C=C/C(=C\C(F)=C/C)c1cnn(C)c1. The molecule has 0 aliphatic rings. The standard InChI is InChI=1S/C11H13FN2/c1-4-9(6-11(12)5-2)10-7-13-14(3)8-10/h4-8H,1H2,2-3H3/b9-6+,11-5+. The number of hydrogen-bond donors (Lipinski definition) is 0. The maximum absolute atomic E-state index is 13.0. The van der Waals surface area contributed by atoms with Gasteiger partial charge in [0.05, 0.1) is 6.20 Å². The van der Waals surface area contributed by atoms with Gasteiger partial charge in [0, 0.05) is 18.8 Å². The molecular weight excluding hydrogens is 179 g/mol. The zero-order valence-electron chi connectivity index (χ0n) is 8.37. The van der Waals surface area contributed by atoms with Crippen LogP contribution >= 0.6 is 0 Å². The van der Waals surface area contributed by atoms with E-state index in [0.29, 0.717) is 0 Å². The summed E-state index contributed by atoms with van der Waals surface area (Å²) in [6, 6.07) is 0. The Hall–Kier alpha value is -1.64. The Morgan fingerprint density at radius 2 is 2.36 bits per heavy atom. The highest BCUT2D eigenvalue weighted by atomic mass is 19.1. The van der Waals surface area contributed by atoms with Crippen LogP contribution in [0.4, 0.5) is 4.39 Å². The van der Waals surface area contributed by atoms with Gasteiger partial charge in [-0.1, -0.05) is 18.7 Å². The largest absolute Gasteiger partial charge is 0.275 e. The molecule has 0 saturated carbocycles. The second kappa shape index (κ2) is 4.56. The van der Waals surface area contributed by atoms with Gasteiger partial charge >= 0.3 is 0 Å². The van der Waals surface area contributed by atoms with E-state index in [0.717, 1.165) is 11.1 Å². The molecule has 1 rings (SSSR count). The first-order valence-electron chi connectivity index (χ1n) is 4.32. The first-order chi connectivity index (χ1) is 6.67. The van der Waals surface area contributed by atoms with E-state index in [2.05, 4.69) is 11.7 Å². The third-order valence-corrected chi connectivity index (χ3v) is 1.83. The number of allylic oxidation sites excluding steroid dienone is 5. The van der Waals surface area contributed by atoms with Crippen molar-refractivity contribution < 1.29 is 4.39 Å². The molecule has 0 aliphatic heterocycles. The van der Waals surface area contributed by atoms with Crippen LogP contribution in [0.1, 0.15) is 12.5 Å². The first-order valence-corrected chi connectivity index (χ1v) is 4.32. The summed E-state index contributed by atoms with van der Waals surface area (Å²) in [6.45, 7) is 5.28. The second-order valence-corrected chi connectivity index (χ2v) is 2.88. The normalized spacial score (nSPS) is 13.1. The fourth-order valence-electron chi connectivity index (χ4n) is 1.06. The van der Waals surface area contributed by atoms with Crippen molar-refractivity contribution in [3.63, 3.8) is 0 Å². The molecule has 0 bridgehead atoms. The van der Waals surface area contributed by atoms with Crippen molar-refractivity contribution in [2.45, 2.75) is 6.92 Å². The van der Waals surface area contributed by atoms with Gasteiger partial charge in [-0.3, -0.25) is 4.68 Å². The maximum atomic E-state index is 13.0. The van der Waals surface area contributed by atoms with Crippen LogP contribution in [0.5, 0.6) is 0 Å². The maximum Gasteiger partial charge on any atom is 0.119 e. The molecule has 0 saturated heterocycles. The summed E-state index contributed by atoms with van der Waals surface area (Å²) in [6.07, 6.45) is 7.94. The minimum atomic E-state index is -0.274. The summed E-state index contributed by atoms with van der Waals surface area (Å²) in [7, 11) is 1.82. The van der Waals surface area contributed by atoms with Crippen LogP contribution in [0, 0.1) is 0 Å². The lowest BCUT2D eigenvalue weighted by Crippen LogP contribution is -1.84. The van der Waals surface area contributed by atoms with Gasteiger partial charge in [0.15, 0.2) is 0 Å². The number of nitrogens with zero attached hydrogens (tertiary/aromatic N) is 2. The third kappa shape index (κ3) is 2.42. The van der Waals surface area contributed by atoms with E-state index < -0.39 is 0 Å². The molecule has 74 valence electrons. The number of halogens is 1. The summed E-state index contributed by atoms with van der Waals surface area (Å²) in [5.41, 5.74) is 1.59. The average molecular weight is 192 g/mol. The molecule has 14 heavy (non-hydrogen) atoms. The molecule has 0 spiro atoms. The zero-order chi connectivity index (χ0) is 10.6. The smallest absolute Gasteiger partial charge is 0.119 e.